The number of amides is 3. The number of nitrogens with one attached hydrogen (secondary N) is 3. The molecule has 0 aliphatic rings. The van der Waals surface area contributed by atoms with E-state index < -0.39 is 12.1 Å². The molecule has 4 aromatic rings. The fourth-order valence-corrected chi connectivity index (χ4v) is 4.79. The van der Waals surface area contributed by atoms with E-state index in [2.05, 4.69) is 20.9 Å². The van der Waals surface area contributed by atoms with Crippen LogP contribution < -0.4 is 21.7 Å². The zero-order valence-electron chi connectivity index (χ0n) is 22.5. The van der Waals surface area contributed by atoms with Gasteiger partial charge in [-0.3, -0.25) is 14.6 Å². The maximum atomic E-state index is 13.3. The van der Waals surface area contributed by atoms with E-state index in [-0.39, 0.29) is 18.4 Å². The van der Waals surface area contributed by atoms with E-state index in [1.165, 1.54) is 11.8 Å². The van der Waals surface area contributed by atoms with Gasteiger partial charge in [0.05, 0.1) is 17.0 Å². The molecule has 4 rings (SSSR count). The Morgan fingerprint density at radius 2 is 1.68 bits per heavy atom. The molecule has 0 aliphatic carbocycles. The van der Waals surface area contributed by atoms with E-state index in [1.807, 2.05) is 66.7 Å². The molecule has 0 spiro atoms. The van der Waals surface area contributed by atoms with Gasteiger partial charge in [0.2, 0.25) is 11.8 Å². The van der Waals surface area contributed by atoms with E-state index in [0.717, 1.165) is 15.8 Å². The number of fused-ring (bicyclic) bond motifs is 1. The molecule has 1 aromatic heterocycles. The second-order valence-corrected chi connectivity index (χ2v) is 10.4. The molecule has 5 N–H and O–H groups in total. The number of nitrogen functional groups attached to an aromatic ring is 1. The topological polar surface area (TPSA) is 135 Å². The molecule has 41 heavy (non-hydrogen) atoms. The van der Waals surface area contributed by atoms with Gasteiger partial charge in [0, 0.05) is 28.7 Å². The van der Waals surface area contributed by atoms with Crippen LogP contribution in [0.3, 0.4) is 0 Å². The molecular formula is C31H33N5O4S. The van der Waals surface area contributed by atoms with Gasteiger partial charge in [0.25, 0.3) is 0 Å². The van der Waals surface area contributed by atoms with Crippen LogP contribution in [0.2, 0.25) is 0 Å². The normalized spacial score (nSPS) is 11.4. The van der Waals surface area contributed by atoms with Crippen molar-refractivity contribution in [3.8, 4) is 0 Å². The number of unbranched alkanes of at least 4 members (excludes halogenated alkanes) is 1. The minimum atomic E-state index is -0.839. The summed E-state index contributed by atoms with van der Waals surface area (Å²) in [6.45, 7) is 0.551. The highest BCUT2D eigenvalue weighted by molar-refractivity contribution is 8.00. The number of rotatable bonds is 13. The molecule has 1 atom stereocenters. The molecule has 0 saturated carbocycles. The molecule has 0 aliphatic heterocycles. The van der Waals surface area contributed by atoms with Crippen molar-refractivity contribution >= 4 is 51.9 Å². The van der Waals surface area contributed by atoms with Crippen LogP contribution in [0, 0.1) is 0 Å². The second-order valence-electron chi connectivity index (χ2n) is 9.33. The van der Waals surface area contributed by atoms with Crippen LogP contribution in [0.5, 0.6) is 0 Å². The zero-order valence-corrected chi connectivity index (χ0v) is 23.4. The average Bonchev–Trinajstić information content (AvgIpc) is 2.99. The Bertz CT molecular complexity index is 1440. The number of hydrogen-bond donors (Lipinski definition) is 4. The van der Waals surface area contributed by atoms with Crippen molar-refractivity contribution in [2.24, 2.45) is 0 Å². The quantitative estimate of drug-likeness (QED) is 0.0993. The Morgan fingerprint density at radius 1 is 0.902 bits per heavy atom. The Kier molecular flexibility index (Phi) is 11.0. The van der Waals surface area contributed by atoms with Gasteiger partial charge < -0.3 is 26.4 Å². The van der Waals surface area contributed by atoms with Crippen molar-refractivity contribution in [2.45, 2.75) is 36.8 Å². The highest BCUT2D eigenvalue weighted by Crippen LogP contribution is 2.21. The lowest BCUT2D eigenvalue weighted by Gasteiger charge is -2.19. The number of para-hydroxylation sites is 1. The molecule has 3 amide bonds. The number of pyridine rings is 1. The summed E-state index contributed by atoms with van der Waals surface area (Å²) in [6.07, 6.45) is 2.57. The van der Waals surface area contributed by atoms with E-state index in [1.54, 1.807) is 24.4 Å². The minimum absolute atomic E-state index is 0.0767. The Morgan fingerprint density at radius 3 is 2.49 bits per heavy atom. The zero-order chi connectivity index (χ0) is 28.9. The number of carbonyl (C=O) groups excluding carboxylic acids is 3. The smallest absolute Gasteiger partial charge is 0.408 e. The van der Waals surface area contributed by atoms with Crippen molar-refractivity contribution < 1.29 is 19.1 Å². The molecule has 0 fully saturated rings. The number of benzene rings is 3. The number of nitrogens with zero attached hydrogens (tertiary/aromatic N) is 1. The minimum Gasteiger partial charge on any atom is -0.445 e. The lowest BCUT2D eigenvalue weighted by atomic mass is 10.1. The van der Waals surface area contributed by atoms with Gasteiger partial charge in [-0.15, -0.1) is 11.8 Å². The fraction of sp³-hybridized carbons (Fsp3) is 0.226. The van der Waals surface area contributed by atoms with Gasteiger partial charge in [-0.25, -0.2) is 4.79 Å². The van der Waals surface area contributed by atoms with Gasteiger partial charge in [-0.2, -0.15) is 0 Å². The molecule has 9 nitrogen and oxygen atoms in total. The molecule has 0 bridgehead atoms. The molecule has 0 radical (unpaired) electrons. The third-order valence-electron chi connectivity index (χ3n) is 6.20. The lowest BCUT2D eigenvalue weighted by molar-refractivity contribution is -0.119. The number of ether oxygens (including phenoxy) is 1. The molecule has 212 valence electrons. The highest BCUT2D eigenvalue weighted by Gasteiger charge is 2.22. The first-order chi connectivity index (χ1) is 20.0. The summed E-state index contributed by atoms with van der Waals surface area (Å²) in [7, 11) is 0. The van der Waals surface area contributed by atoms with Gasteiger partial charge in [-0.1, -0.05) is 48.5 Å². The average molecular weight is 572 g/mol. The predicted octanol–water partition coefficient (Wildman–Crippen LogP) is 5.13. The van der Waals surface area contributed by atoms with Gasteiger partial charge in [0.1, 0.15) is 12.6 Å². The van der Waals surface area contributed by atoms with Crippen LogP contribution >= 0.6 is 11.8 Å². The summed E-state index contributed by atoms with van der Waals surface area (Å²) in [6, 6.07) is 25.1. The molecule has 3 aromatic carbocycles. The van der Waals surface area contributed by atoms with Crippen molar-refractivity contribution in [3.05, 3.63) is 96.7 Å². The van der Waals surface area contributed by atoms with Crippen LogP contribution in [0.4, 0.5) is 16.2 Å². The van der Waals surface area contributed by atoms with Crippen molar-refractivity contribution in [1.29, 1.82) is 0 Å². The number of anilines is 2. The number of thioether (sulfide) groups is 1. The Labute approximate surface area is 243 Å². The molecule has 10 heteroatoms. The van der Waals surface area contributed by atoms with Crippen LogP contribution in [0.25, 0.3) is 10.9 Å². The third-order valence-corrected chi connectivity index (χ3v) is 7.22. The van der Waals surface area contributed by atoms with E-state index in [9.17, 15) is 14.4 Å². The van der Waals surface area contributed by atoms with E-state index >= 15 is 0 Å². The van der Waals surface area contributed by atoms with Gasteiger partial charge in [0.15, 0.2) is 0 Å². The van der Waals surface area contributed by atoms with Crippen LogP contribution in [-0.2, 0) is 20.9 Å². The fourth-order valence-electron chi connectivity index (χ4n) is 4.07. The number of aromatic nitrogens is 1. The molecule has 0 unspecified atom stereocenters. The van der Waals surface area contributed by atoms with Crippen LogP contribution in [0.1, 0.15) is 24.8 Å². The summed E-state index contributed by atoms with van der Waals surface area (Å²) < 4.78 is 5.35. The number of carbonyl (C=O) groups is 3. The van der Waals surface area contributed by atoms with Crippen LogP contribution in [-0.4, -0.2) is 41.2 Å². The number of nitrogens with two attached hydrogens (primary N) is 1. The largest absolute Gasteiger partial charge is 0.445 e. The Hall–Kier alpha value is -4.57. The summed E-state index contributed by atoms with van der Waals surface area (Å²) in [5, 5.41) is 9.40. The van der Waals surface area contributed by atoms with Crippen LogP contribution in [0.15, 0.2) is 96.0 Å². The number of hydrogen-bond acceptors (Lipinski definition) is 7. The summed E-state index contributed by atoms with van der Waals surface area (Å²) in [5.74, 6) is -0.154. The third kappa shape index (κ3) is 9.54. The summed E-state index contributed by atoms with van der Waals surface area (Å²) in [4.78, 5) is 43.5. The van der Waals surface area contributed by atoms with Crippen molar-refractivity contribution in [1.82, 2.24) is 15.6 Å². The predicted molar refractivity (Wildman–Crippen MR) is 162 cm³/mol. The van der Waals surface area contributed by atoms with E-state index in [4.69, 9.17) is 10.5 Å². The van der Waals surface area contributed by atoms with Gasteiger partial charge >= 0.3 is 6.09 Å². The van der Waals surface area contributed by atoms with Crippen molar-refractivity contribution in [2.75, 3.05) is 23.3 Å². The molecule has 1 heterocycles. The first-order valence-electron chi connectivity index (χ1n) is 13.3. The summed E-state index contributed by atoms with van der Waals surface area (Å²) in [5.41, 5.74) is 8.44. The monoisotopic (exact) mass is 571 g/mol. The lowest BCUT2D eigenvalue weighted by Crippen LogP contribution is -2.44. The summed E-state index contributed by atoms with van der Waals surface area (Å²) >= 11 is 1.43. The second kappa shape index (κ2) is 15.3. The number of alkyl carbamates (subject to hydrolysis) is 1. The highest BCUT2D eigenvalue weighted by atomic mass is 32.2. The molecule has 0 saturated heterocycles. The van der Waals surface area contributed by atoms with Crippen molar-refractivity contribution in [3.63, 3.8) is 0 Å². The first-order valence-corrected chi connectivity index (χ1v) is 14.3. The molecular weight excluding hydrogens is 538 g/mol. The maximum absolute atomic E-state index is 13.3. The van der Waals surface area contributed by atoms with E-state index in [0.29, 0.717) is 48.5 Å². The SMILES string of the molecule is Nc1ccc(SCC(=O)NCCCC[C@@H](NC(=O)OCc2ccccc2)C(=O)Nc2cccc3cccnc23)cc1. The first kappa shape index (κ1) is 29.4. The van der Waals surface area contributed by atoms with Gasteiger partial charge in [-0.05, 0) is 61.2 Å². The standard InChI is InChI=1S/C31H33N5O4S/c32-24-14-16-25(17-15-24)41-21-28(37)33-18-5-4-12-27(36-31(39)40-20-22-8-2-1-3-9-22)30(38)35-26-13-6-10-23-11-7-19-34-29(23)26/h1-3,6-11,13-17,19,27H,4-5,12,18,20-21,32H2,(H,33,37)(H,35,38)(H,36,39)/t27-/m1/s1. The maximum Gasteiger partial charge on any atom is 0.408 e. The Balaban J connectivity index is 1.28.